The van der Waals surface area contributed by atoms with Crippen LogP contribution in [0.2, 0.25) is 0 Å². The third kappa shape index (κ3) is 5.08. The summed E-state index contributed by atoms with van der Waals surface area (Å²) in [4.78, 5) is 5.70. The molecule has 0 atom stereocenters. The Morgan fingerprint density at radius 2 is 2.12 bits per heavy atom. The van der Waals surface area contributed by atoms with E-state index in [2.05, 4.69) is 44.9 Å². The van der Waals surface area contributed by atoms with Gasteiger partial charge >= 0.3 is 0 Å². The van der Waals surface area contributed by atoms with Crippen molar-refractivity contribution in [1.29, 1.82) is 0 Å². The van der Waals surface area contributed by atoms with Crippen LogP contribution in [-0.4, -0.2) is 18.1 Å². The smallest absolute Gasteiger partial charge is 0.0896 e. The molecule has 1 aromatic heterocycles. The van der Waals surface area contributed by atoms with Gasteiger partial charge in [-0.25, -0.2) is 4.98 Å². The molecule has 1 rings (SSSR count). The Hall–Kier alpha value is -0.410. The Labute approximate surface area is 103 Å². The van der Waals surface area contributed by atoms with Crippen LogP contribution < -0.4 is 5.32 Å². The molecule has 92 valence electrons. The zero-order valence-electron chi connectivity index (χ0n) is 11.1. The van der Waals surface area contributed by atoms with Gasteiger partial charge in [0.1, 0.15) is 0 Å². The van der Waals surface area contributed by atoms with Crippen molar-refractivity contribution in [2.75, 3.05) is 13.1 Å². The van der Waals surface area contributed by atoms with Gasteiger partial charge in [-0.05, 0) is 31.2 Å². The highest BCUT2D eigenvalue weighted by Crippen LogP contribution is 2.24. The topological polar surface area (TPSA) is 24.9 Å². The number of nitrogens with one attached hydrogen (secondary N) is 1. The normalized spacial score (nSPS) is 12.4. The summed E-state index contributed by atoms with van der Waals surface area (Å²) in [6.45, 7) is 13.4. The van der Waals surface area contributed by atoms with E-state index in [1.165, 1.54) is 9.88 Å². The Morgan fingerprint density at radius 1 is 1.44 bits per heavy atom. The van der Waals surface area contributed by atoms with E-state index in [1.807, 2.05) is 17.5 Å². The fourth-order valence-corrected chi connectivity index (χ4v) is 2.77. The molecule has 0 aliphatic carbocycles. The Bertz CT molecular complexity index is 315. The molecule has 0 spiro atoms. The predicted octanol–water partition coefficient (Wildman–Crippen LogP) is 3.27. The molecule has 0 amide bonds. The summed E-state index contributed by atoms with van der Waals surface area (Å²) in [6, 6.07) is 0. The van der Waals surface area contributed by atoms with Crippen LogP contribution in [0.1, 0.15) is 37.6 Å². The third-order valence-electron chi connectivity index (χ3n) is 2.48. The molecule has 0 unspecified atom stereocenters. The molecule has 0 radical (unpaired) electrons. The summed E-state index contributed by atoms with van der Waals surface area (Å²) < 4.78 is 0. The van der Waals surface area contributed by atoms with Gasteiger partial charge in [-0.2, -0.15) is 0 Å². The Kier molecular flexibility index (Phi) is 4.93. The molecule has 0 fully saturated rings. The van der Waals surface area contributed by atoms with Crippen LogP contribution in [0.15, 0.2) is 6.20 Å². The molecule has 0 aliphatic heterocycles. The van der Waals surface area contributed by atoms with E-state index in [9.17, 15) is 0 Å². The van der Waals surface area contributed by atoms with Gasteiger partial charge in [0.2, 0.25) is 0 Å². The van der Waals surface area contributed by atoms with Crippen LogP contribution in [0.5, 0.6) is 0 Å². The predicted molar refractivity (Wildman–Crippen MR) is 72.0 cm³/mol. The average Bonchev–Trinajstić information content (AvgIpc) is 2.48. The maximum Gasteiger partial charge on any atom is 0.0896 e. The highest BCUT2D eigenvalue weighted by Gasteiger charge is 2.19. The van der Waals surface area contributed by atoms with Crippen LogP contribution in [0.25, 0.3) is 0 Å². The van der Waals surface area contributed by atoms with E-state index in [0.717, 1.165) is 25.4 Å². The minimum absolute atomic E-state index is 0.313. The largest absolute Gasteiger partial charge is 0.316 e. The zero-order chi connectivity index (χ0) is 12.2. The molecule has 0 saturated carbocycles. The third-order valence-corrected chi connectivity index (χ3v) is 3.39. The van der Waals surface area contributed by atoms with Crippen LogP contribution in [-0.2, 0) is 6.42 Å². The number of aromatic nitrogens is 1. The van der Waals surface area contributed by atoms with E-state index in [0.29, 0.717) is 5.41 Å². The van der Waals surface area contributed by atoms with Gasteiger partial charge in [0.05, 0.1) is 5.01 Å². The van der Waals surface area contributed by atoms with E-state index >= 15 is 0 Å². The first-order chi connectivity index (χ1) is 7.39. The zero-order valence-corrected chi connectivity index (χ0v) is 11.9. The Morgan fingerprint density at radius 3 is 2.62 bits per heavy atom. The van der Waals surface area contributed by atoms with Crippen molar-refractivity contribution in [3.63, 3.8) is 0 Å². The molecule has 1 heterocycles. The summed E-state index contributed by atoms with van der Waals surface area (Å²) in [6.07, 6.45) is 3.13. The van der Waals surface area contributed by atoms with Crippen molar-refractivity contribution < 1.29 is 0 Å². The van der Waals surface area contributed by atoms with Gasteiger partial charge in [-0.3, -0.25) is 0 Å². The lowest BCUT2D eigenvalue weighted by molar-refractivity contribution is 0.332. The lowest BCUT2D eigenvalue weighted by Gasteiger charge is -2.24. The van der Waals surface area contributed by atoms with Gasteiger partial charge in [-0.15, -0.1) is 11.3 Å². The van der Waals surface area contributed by atoms with E-state index in [4.69, 9.17) is 0 Å². The summed E-state index contributed by atoms with van der Waals surface area (Å²) in [5.41, 5.74) is 0.313. The first kappa shape index (κ1) is 13.7. The molecule has 1 aromatic rings. The lowest BCUT2D eigenvalue weighted by Crippen LogP contribution is -2.33. The lowest BCUT2D eigenvalue weighted by atomic mass is 9.88. The molecular formula is C13H24N2S. The first-order valence-corrected chi connectivity index (χ1v) is 6.83. The highest BCUT2D eigenvalue weighted by atomic mass is 32.1. The average molecular weight is 240 g/mol. The van der Waals surface area contributed by atoms with Crippen LogP contribution in [0.4, 0.5) is 0 Å². The summed E-state index contributed by atoms with van der Waals surface area (Å²) in [7, 11) is 0. The molecular weight excluding hydrogens is 216 g/mol. The quantitative estimate of drug-likeness (QED) is 0.825. The molecule has 0 bridgehead atoms. The van der Waals surface area contributed by atoms with Crippen molar-refractivity contribution >= 4 is 11.3 Å². The molecule has 2 nitrogen and oxygen atoms in total. The second kappa shape index (κ2) is 5.78. The van der Waals surface area contributed by atoms with Gasteiger partial charge < -0.3 is 5.32 Å². The highest BCUT2D eigenvalue weighted by molar-refractivity contribution is 7.11. The SMILES string of the molecule is Cc1ncc(CC(C)(C)CNCC(C)C)s1. The minimum atomic E-state index is 0.313. The fraction of sp³-hybridized carbons (Fsp3) is 0.769. The van der Waals surface area contributed by atoms with Crippen molar-refractivity contribution in [1.82, 2.24) is 10.3 Å². The van der Waals surface area contributed by atoms with Crippen molar-refractivity contribution in [3.05, 3.63) is 16.1 Å². The van der Waals surface area contributed by atoms with E-state index < -0.39 is 0 Å². The van der Waals surface area contributed by atoms with Crippen LogP contribution in [0.3, 0.4) is 0 Å². The molecule has 0 saturated heterocycles. The van der Waals surface area contributed by atoms with Crippen molar-refractivity contribution in [2.24, 2.45) is 11.3 Å². The van der Waals surface area contributed by atoms with Gasteiger partial charge in [0.15, 0.2) is 0 Å². The fourth-order valence-electron chi connectivity index (χ4n) is 1.72. The second-order valence-electron chi connectivity index (χ2n) is 5.71. The number of hydrogen-bond acceptors (Lipinski definition) is 3. The standard InChI is InChI=1S/C13H24N2S/c1-10(2)7-14-9-13(4,5)6-12-8-15-11(3)16-12/h8,10,14H,6-7,9H2,1-5H3. The number of aryl methyl sites for hydroxylation is 1. The van der Waals surface area contributed by atoms with Gasteiger partial charge in [0.25, 0.3) is 0 Å². The van der Waals surface area contributed by atoms with E-state index in [-0.39, 0.29) is 0 Å². The summed E-state index contributed by atoms with van der Waals surface area (Å²) >= 11 is 1.82. The Balaban J connectivity index is 2.39. The maximum absolute atomic E-state index is 4.31. The minimum Gasteiger partial charge on any atom is -0.316 e. The van der Waals surface area contributed by atoms with Gasteiger partial charge in [0, 0.05) is 17.6 Å². The summed E-state index contributed by atoms with van der Waals surface area (Å²) in [5.74, 6) is 0.724. The number of rotatable bonds is 6. The molecule has 3 heteroatoms. The maximum atomic E-state index is 4.31. The van der Waals surface area contributed by atoms with Crippen molar-refractivity contribution in [3.8, 4) is 0 Å². The van der Waals surface area contributed by atoms with Crippen molar-refractivity contribution in [2.45, 2.75) is 41.0 Å². The number of hydrogen-bond donors (Lipinski definition) is 1. The van der Waals surface area contributed by atoms with E-state index in [1.54, 1.807) is 0 Å². The number of thiazole rings is 1. The molecule has 0 aromatic carbocycles. The van der Waals surface area contributed by atoms with Gasteiger partial charge in [-0.1, -0.05) is 27.7 Å². The van der Waals surface area contributed by atoms with Crippen LogP contribution in [0, 0.1) is 18.3 Å². The molecule has 16 heavy (non-hydrogen) atoms. The second-order valence-corrected chi connectivity index (χ2v) is 7.03. The van der Waals surface area contributed by atoms with Crippen LogP contribution >= 0.6 is 11.3 Å². The molecule has 1 N–H and O–H groups in total. The monoisotopic (exact) mass is 240 g/mol. The number of nitrogens with zero attached hydrogens (tertiary/aromatic N) is 1. The first-order valence-electron chi connectivity index (χ1n) is 6.01. The summed E-state index contributed by atoms with van der Waals surface area (Å²) in [5, 5.41) is 4.70. The molecule has 0 aliphatic rings.